The number of hydrogen-bond acceptors (Lipinski definition) is 3. The number of carboxylic acids is 1. The summed E-state index contributed by atoms with van der Waals surface area (Å²) >= 11 is 0. The molecule has 1 aliphatic rings. The summed E-state index contributed by atoms with van der Waals surface area (Å²) in [5.41, 5.74) is 3.56. The van der Waals surface area contributed by atoms with E-state index >= 15 is 0 Å². The van der Waals surface area contributed by atoms with Crippen molar-refractivity contribution in [2.75, 3.05) is 7.11 Å². The summed E-state index contributed by atoms with van der Waals surface area (Å²) in [6.07, 6.45) is 2.08. The van der Waals surface area contributed by atoms with Crippen LogP contribution in [0.3, 0.4) is 0 Å². The number of carbonyl (C=O) groups is 2. The van der Waals surface area contributed by atoms with Crippen LogP contribution >= 0.6 is 0 Å². The van der Waals surface area contributed by atoms with Crippen LogP contribution in [0.2, 0.25) is 0 Å². The van der Waals surface area contributed by atoms with Crippen LogP contribution in [0, 0.1) is 6.92 Å². The van der Waals surface area contributed by atoms with Crippen LogP contribution in [0.4, 0.5) is 0 Å². The van der Waals surface area contributed by atoms with E-state index in [0.717, 1.165) is 46.4 Å². The number of ether oxygens (including phenoxy) is 1. The van der Waals surface area contributed by atoms with Crippen molar-refractivity contribution in [3.63, 3.8) is 0 Å². The first-order chi connectivity index (χ1) is 15.5. The highest BCUT2D eigenvalue weighted by atomic mass is 16.5. The van der Waals surface area contributed by atoms with E-state index in [9.17, 15) is 14.7 Å². The van der Waals surface area contributed by atoms with Crippen LogP contribution in [0.15, 0.2) is 72.8 Å². The molecular formula is C27H27NO4. The molecule has 5 nitrogen and oxygen atoms in total. The van der Waals surface area contributed by atoms with Gasteiger partial charge in [-0.05, 0) is 59.7 Å². The van der Waals surface area contributed by atoms with Gasteiger partial charge in [0, 0.05) is 6.54 Å². The van der Waals surface area contributed by atoms with Crippen LogP contribution in [0.25, 0.3) is 0 Å². The van der Waals surface area contributed by atoms with E-state index in [0.29, 0.717) is 13.0 Å². The summed E-state index contributed by atoms with van der Waals surface area (Å²) < 4.78 is 5.25. The van der Waals surface area contributed by atoms with Crippen LogP contribution in [-0.4, -0.2) is 29.5 Å². The van der Waals surface area contributed by atoms with Gasteiger partial charge in [-0.3, -0.25) is 9.59 Å². The van der Waals surface area contributed by atoms with E-state index in [1.807, 2.05) is 79.7 Å². The molecular weight excluding hydrogens is 402 g/mol. The third-order valence-corrected chi connectivity index (χ3v) is 6.63. The molecule has 0 heterocycles. The minimum atomic E-state index is -0.990. The zero-order valence-electron chi connectivity index (χ0n) is 18.3. The van der Waals surface area contributed by atoms with Crippen molar-refractivity contribution in [2.45, 2.75) is 37.8 Å². The third kappa shape index (κ3) is 3.64. The van der Waals surface area contributed by atoms with Crippen molar-refractivity contribution in [2.24, 2.45) is 0 Å². The number of aryl methyl sites for hydroxylation is 2. The predicted octanol–water partition coefficient (Wildman–Crippen LogP) is 4.67. The fraction of sp³-hybridized carbons (Fsp3) is 0.259. The van der Waals surface area contributed by atoms with Crippen molar-refractivity contribution in [1.82, 2.24) is 4.90 Å². The van der Waals surface area contributed by atoms with Gasteiger partial charge in [0.2, 0.25) is 6.41 Å². The van der Waals surface area contributed by atoms with E-state index in [1.54, 1.807) is 12.0 Å². The topological polar surface area (TPSA) is 66.8 Å². The molecule has 3 aromatic rings. The molecule has 4 rings (SSSR count). The van der Waals surface area contributed by atoms with Gasteiger partial charge >= 0.3 is 5.97 Å². The lowest BCUT2D eigenvalue weighted by molar-refractivity contribution is -0.146. The standard InChI is InChI=1S/C27H27NO4/c1-19-7-3-5-9-23(19)25(26(30)31)27(16-15-21-8-4-6-10-24(21)27)28(18-29)17-20-11-13-22(32-2)14-12-20/h3-14,18,25H,15-17H2,1-2H3,(H,30,31). The Morgan fingerprint density at radius 2 is 1.78 bits per heavy atom. The Morgan fingerprint density at radius 3 is 2.44 bits per heavy atom. The lowest BCUT2D eigenvalue weighted by Gasteiger charge is -2.44. The zero-order valence-corrected chi connectivity index (χ0v) is 18.3. The van der Waals surface area contributed by atoms with E-state index in [-0.39, 0.29) is 0 Å². The summed E-state index contributed by atoms with van der Waals surface area (Å²) in [6.45, 7) is 2.23. The molecule has 1 amide bonds. The Labute approximate surface area is 188 Å². The molecule has 0 saturated carbocycles. The summed E-state index contributed by atoms with van der Waals surface area (Å²) in [7, 11) is 1.61. The molecule has 0 bridgehead atoms. The number of nitrogens with zero attached hydrogens (tertiary/aromatic N) is 1. The lowest BCUT2D eigenvalue weighted by atomic mass is 9.72. The number of methoxy groups -OCH3 is 1. The molecule has 1 aliphatic carbocycles. The molecule has 2 atom stereocenters. The Balaban J connectivity index is 1.89. The minimum Gasteiger partial charge on any atom is -0.497 e. The van der Waals surface area contributed by atoms with Gasteiger partial charge in [0.15, 0.2) is 0 Å². The molecule has 0 aliphatic heterocycles. The van der Waals surface area contributed by atoms with E-state index < -0.39 is 17.4 Å². The normalized spacial score (nSPS) is 17.9. The highest BCUT2D eigenvalue weighted by Gasteiger charge is 2.53. The number of fused-ring (bicyclic) bond motifs is 1. The second-order valence-corrected chi connectivity index (χ2v) is 8.29. The van der Waals surface area contributed by atoms with E-state index in [4.69, 9.17) is 4.74 Å². The second kappa shape index (κ2) is 8.87. The number of hydrogen-bond donors (Lipinski definition) is 1. The Bertz CT molecular complexity index is 1120. The van der Waals surface area contributed by atoms with Crippen molar-refractivity contribution in [1.29, 1.82) is 0 Å². The highest BCUT2D eigenvalue weighted by Crippen LogP contribution is 2.51. The number of carboxylic acid groups (broad SMARTS) is 1. The Morgan fingerprint density at radius 1 is 1.09 bits per heavy atom. The second-order valence-electron chi connectivity index (χ2n) is 8.29. The molecule has 0 radical (unpaired) electrons. The summed E-state index contributed by atoms with van der Waals surface area (Å²) in [5, 5.41) is 10.5. The van der Waals surface area contributed by atoms with Crippen molar-refractivity contribution in [3.05, 3.63) is 101 Å². The molecule has 3 aromatic carbocycles. The average molecular weight is 430 g/mol. The molecule has 0 fully saturated rings. The maximum atomic E-state index is 12.9. The van der Waals surface area contributed by atoms with Crippen LogP contribution in [0.1, 0.15) is 40.2 Å². The van der Waals surface area contributed by atoms with Crippen molar-refractivity contribution < 1.29 is 19.4 Å². The molecule has 0 spiro atoms. The van der Waals surface area contributed by atoms with Crippen molar-refractivity contribution in [3.8, 4) is 5.75 Å². The smallest absolute Gasteiger partial charge is 0.313 e. The summed E-state index contributed by atoms with van der Waals surface area (Å²) in [6, 6.07) is 23.0. The zero-order chi connectivity index (χ0) is 22.7. The number of aliphatic carboxylic acids is 1. The predicted molar refractivity (Wildman–Crippen MR) is 123 cm³/mol. The molecule has 0 saturated heterocycles. The molecule has 0 aromatic heterocycles. The molecule has 2 unspecified atom stereocenters. The first-order valence-electron chi connectivity index (χ1n) is 10.7. The Kier molecular flexibility index (Phi) is 5.99. The average Bonchev–Trinajstić information content (AvgIpc) is 3.19. The lowest BCUT2D eigenvalue weighted by Crippen LogP contribution is -2.50. The van der Waals surface area contributed by atoms with E-state index in [1.165, 1.54) is 0 Å². The fourth-order valence-electron chi connectivity index (χ4n) is 5.09. The number of rotatable bonds is 8. The molecule has 32 heavy (non-hydrogen) atoms. The quantitative estimate of drug-likeness (QED) is 0.529. The van der Waals surface area contributed by atoms with Crippen molar-refractivity contribution >= 4 is 12.4 Å². The van der Waals surface area contributed by atoms with Gasteiger partial charge < -0.3 is 14.7 Å². The van der Waals surface area contributed by atoms with Gasteiger partial charge in [-0.15, -0.1) is 0 Å². The highest BCUT2D eigenvalue weighted by molar-refractivity contribution is 5.80. The molecule has 164 valence electrons. The number of benzene rings is 3. The minimum absolute atomic E-state index is 0.303. The maximum absolute atomic E-state index is 12.9. The fourth-order valence-corrected chi connectivity index (χ4v) is 5.09. The summed E-state index contributed by atoms with van der Waals surface area (Å²) in [4.78, 5) is 27.1. The Hall–Kier alpha value is -3.60. The third-order valence-electron chi connectivity index (χ3n) is 6.63. The first kappa shape index (κ1) is 21.6. The van der Waals surface area contributed by atoms with E-state index in [2.05, 4.69) is 0 Å². The van der Waals surface area contributed by atoms with Gasteiger partial charge in [0.25, 0.3) is 0 Å². The van der Waals surface area contributed by atoms with Gasteiger partial charge in [-0.1, -0.05) is 60.7 Å². The number of amides is 1. The van der Waals surface area contributed by atoms with Crippen LogP contribution in [0.5, 0.6) is 5.75 Å². The SMILES string of the molecule is COc1ccc(CN(C=O)C2(C(C(=O)O)c3ccccc3C)CCc3ccccc32)cc1. The van der Waals surface area contributed by atoms with Gasteiger partial charge in [0.05, 0.1) is 12.6 Å². The van der Waals surface area contributed by atoms with Gasteiger partial charge in [0.1, 0.15) is 11.7 Å². The maximum Gasteiger partial charge on any atom is 0.313 e. The van der Waals surface area contributed by atoms with Crippen LogP contribution in [-0.2, 0) is 28.1 Å². The number of carbonyl (C=O) groups excluding carboxylic acids is 1. The molecule has 5 heteroatoms. The monoisotopic (exact) mass is 429 g/mol. The van der Waals surface area contributed by atoms with Gasteiger partial charge in [-0.25, -0.2) is 0 Å². The van der Waals surface area contributed by atoms with Crippen LogP contribution < -0.4 is 4.74 Å². The van der Waals surface area contributed by atoms with Gasteiger partial charge in [-0.2, -0.15) is 0 Å². The summed E-state index contributed by atoms with van der Waals surface area (Å²) in [5.74, 6) is -1.09. The largest absolute Gasteiger partial charge is 0.497 e. The molecule has 1 N–H and O–H groups in total. The first-order valence-corrected chi connectivity index (χ1v) is 10.7.